The van der Waals surface area contributed by atoms with Crippen molar-refractivity contribution >= 4 is 27.4 Å². The Hall–Kier alpha value is -3.28. The molecule has 0 radical (unpaired) electrons. The molecule has 0 saturated carbocycles. The maximum Gasteiger partial charge on any atom is 0.256 e. The summed E-state index contributed by atoms with van der Waals surface area (Å²) in [5, 5.41) is 19.2. The predicted octanol–water partition coefficient (Wildman–Crippen LogP) is 2.71. The number of aliphatic hydroxyl groups excluding tert-OH is 1. The van der Waals surface area contributed by atoms with Crippen LogP contribution in [0.4, 0.5) is 15.9 Å². The van der Waals surface area contributed by atoms with Crippen LogP contribution in [0.15, 0.2) is 53.4 Å². The molecule has 3 N–H and O–H groups in total. The van der Waals surface area contributed by atoms with Gasteiger partial charge >= 0.3 is 0 Å². The lowest BCUT2D eigenvalue weighted by Crippen LogP contribution is -2.36. The molecule has 0 bridgehead atoms. The number of amides is 1. The second-order valence-corrected chi connectivity index (χ2v) is 10.8. The molecule has 0 aliphatic carbocycles. The average Bonchev–Trinajstić information content (AvgIpc) is 3.47. The van der Waals surface area contributed by atoms with Gasteiger partial charge in [0.25, 0.3) is 5.91 Å². The lowest BCUT2D eigenvalue weighted by Gasteiger charge is -2.33. The normalized spacial score (nSPS) is 18.5. The van der Waals surface area contributed by atoms with Crippen molar-refractivity contribution in [1.29, 1.82) is 0 Å². The third kappa shape index (κ3) is 4.66. The molecule has 1 saturated heterocycles. The van der Waals surface area contributed by atoms with Gasteiger partial charge in [-0.15, -0.1) is 0 Å². The molecule has 5 rings (SSSR count). The van der Waals surface area contributed by atoms with E-state index in [2.05, 4.69) is 20.4 Å². The molecule has 1 unspecified atom stereocenters. The molecule has 3 heterocycles. The average molecular weight is 500 g/mol. The van der Waals surface area contributed by atoms with Crippen molar-refractivity contribution in [1.82, 2.24) is 14.5 Å². The highest BCUT2D eigenvalue weighted by molar-refractivity contribution is 7.89. The Balaban J connectivity index is 1.27. The highest BCUT2D eigenvalue weighted by atomic mass is 32.2. The van der Waals surface area contributed by atoms with Gasteiger partial charge in [-0.1, -0.05) is 6.07 Å². The van der Waals surface area contributed by atoms with Gasteiger partial charge in [0, 0.05) is 43.1 Å². The van der Waals surface area contributed by atoms with Gasteiger partial charge in [0.05, 0.1) is 17.1 Å². The van der Waals surface area contributed by atoms with Crippen molar-refractivity contribution in [2.24, 2.45) is 5.92 Å². The van der Waals surface area contributed by atoms with E-state index in [4.69, 9.17) is 0 Å². The smallest absolute Gasteiger partial charge is 0.256 e. The number of nitrogens with one attached hydrogen (secondary N) is 2. The van der Waals surface area contributed by atoms with Gasteiger partial charge < -0.3 is 15.3 Å². The number of hydrogen-bond acceptors (Lipinski definition) is 6. The molecule has 184 valence electrons. The molecule has 9 nitrogen and oxygen atoms in total. The van der Waals surface area contributed by atoms with Crippen molar-refractivity contribution in [3.63, 3.8) is 0 Å². The number of nitrogens with zero attached hydrogens (tertiary/aromatic N) is 3. The van der Waals surface area contributed by atoms with E-state index >= 15 is 0 Å². The number of rotatable bonds is 6. The highest BCUT2D eigenvalue weighted by Crippen LogP contribution is 2.32. The minimum absolute atomic E-state index is 0.0141. The van der Waals surface area contributed by atoms with Crippen LogP contribution in [0.2, 0.25) is 0 Å². The number of halogens is 1. The molecule has 1 aromatic heterocycles. The Morgan fingerprint density at radius 2 is 2.00 bits per heavy atom. The molecule has 2 aliphatic rings. The van der Waals surface area contributed by atoms with Crippen molar-refractivity contribution < 1.29 is 22.7 Å². The molecule has 2 aromatic carbocycles. The summed E-state index contributed by atoms with van der Waals surface area (Å²) in [6.07, 6.45) is 2.03. The topological polar surface area (TPSA) is 119 Å². The maximum atomic E-state index is 13.6. The second-order valence-electron chi connectivity index (χ2n) is 8.90. The van der Waals surface area contributed by atoms with Gasteiger partial charge in [-0.25, -0.2) is 12.8 Å². The zero-order chi connectivity index (χ0) is 24.6. The van der Waals surface area contributed by atoms with Gasteiger partial charge in [0.2, 0.25) is 10.0 Å². The molecule has 1 amide bonds. The van der Waals surface area contributed by atoms with E-state index in [1.54, 1.807) is 12.1 Å². The second kappa shape index (κ2) is 9.40. The zero-order valence-electron chi connectivity index (χ0n) is 18.9. The summed E-state index contributed by atoms with van der Waals surface area (Å²) in [6, 6.07) is 12.1. The molecule has 35 heavy (non-hydrogen) atoms. The fraction of sp³-hybridized carbons (Fsp3) is 0.333. The molecule has 2 aliphatic heterocycles. The van der Waals surface area contributed by atoms with Gasteiger partial charge in [0.15, 0.2) is 5.82 Å². The number of aromatic nitrogens is 2. The van der Waals surface area contributed by atoms with E-state index in [9.17, 15) is 22.7 Å². The number of anilines is 2. The summed E-state index contributed by atoms with van der Waals surface area (Å²) in [4.78, 5) is 14.9. The van der Waals surface area contributed by atoms with Gasteiger partial charge in [-0.2, -0.15) is 9.40 Å². The van der Waals surface area contributed by atoms with Gasteiger partial charge in [-0.05, 0) is 61.2 Å². The Morgan fingerprint density at radius 3 is 2.74 bits per heavy atom. The number of aromatic amines is 1. The SMILES string of the molecule is O=C(Nc1n[nH]c2c1CN(S(=O)(=O)c1cccc(F)c1)C2)c1ccc(N2CCCC(CO)C2)cc1. The van der Waals surface area contributed by atoms with E-state index in [0.29, 0.717) is 16.8 Å². The van der Waals surface area contributed by atoms with Crippen LogP contribution < -0.4 is 10.2 Å². The Morgan fingerprint density at radius 1 is 1.20 bits per heavy atom. The number of carbonyl (C=O) groups is 1. The number of carbonyl (C=O) groups excluding carboxylic acids is 1. The number of hydrogen-bond donors (Lipinski definition) is 3. The summed E-state index contributed by atoms with van der Waals surface area (Å²) in [6.45, 7) is 1.94. The van der Waals surface area contributed by atoms with Crippen LogP contribution in [-0.2, 0) is 23.1 Å². The summed E-state index contributed by atoms with van der Waals surface area (Å²) < 4.78 is 40.6. The van der Waals surface area contributed by atoms with E-state index in [1.165, 1.54) is 22.5 Å². The monoisotopic (exact) mass is 499 g/mol. The first-order valence-electron chi connectivity index (χ1n) is 11.4. The van der Waals surface area contributed by atoms with E-state index in [0.717, 1.165) is 37.7 Å². The lowest BCUT2D eigenvalue weighted by atomic mass is 9.98. The summed E-state index contributed by atoms with van der Waals surface area (Å²) in [5.74, 6) is -0.451. The third-order valence-corrected chi connectivity index (χ3v) is 8.35. The lowest BCUT2D eigenvalue weighted by molar-refractivity contribution is 0.102. The minimum Gasteiger partial charge on any atom is -0.396 e. The molecule has 11 heteroatoms. The van der Waals surface area contributed by atoms with Gasteiger partial charge in [-0.3, -0.25) is 9.89 Å². The Bertz CT molecular complexity index is 1340. The highest BCUT2D eigenvalue weighted by Gasteiger charge is 2.34. The number of H-pyrrole nitrogens is 1. The van der Waals surface area contributed by atoms with Gasteiger partial charge in [0.1, 0.15) is 5.82 Å². The van der Waals surface area contributed by atoms with Crippen molar-refractivity contribution in [2.45, 2.75) is 30.8 Å². The number of sulfonamides is 1. The van der Waals surface area contributed by atoms with Crippen LogP contribution in [0.5, 0.6) is 0 Å². The summed E-state index contributed by atoms with van der Waals surface area (Å²) in [7, 11) is -3.91. The van der Waals surface area contributed by atoms with Crippen LogP contribution >= 0.6 is 0 Å². The number of fused-ring (bicyclic) bond motifs is 1. The fourth-order valence-electron chi connectivity index (χ4n) is 4.61. The summed E-state index contributed by atoms with van der Waals surface area (Å²) in [5.41, 5.74) is 2.61. The van der Waals surface area contributed by atoms with Crippen molar-refractivity contribution in [2.75, 3.05) is 29.9 Å². The van der Waals surface area contributed by atoms with Crippen LogP contribution in [0, 0.1) is 11.7 Å². The molecule has 3 aromatic rings. The molecular formula is C24H26FN5O4S. The molecule has 1 atom stereocenters. The number of benzene rings is 2. The predicted molar refractivity (Wildman–Crippen MR) is 128 cm³/mol. The van der Waals surface area contributed by atoms with Crippen LogP contribution in [0.25, 0.3) is 0 Å². The third-order valence-electron chi connectivity index (χ3n) is 6.56. The number of aliphatic hydroxyl groups is 1. The van der Waals surface area contributed by atoms with Crippen LogP contribution in [0.1, 0.15) is 34.5 Å². The fourth-order valence-corrected chi connectivity index (χ4v) is 6.02. The van der Waals surface area contributed by atoms with E-state index in [1.807, 2.05) is 12.1 Å². The van der Waals surface area contributed by atoms with Crippen molar-refractivity contribution in [3.8, 4) is 0 Å². The zero-order valence-corrected chi connectivity index (χ0v) is 19.8. The quantitative estimate of drug-likeness (QED) is 0.480. The standard InChI is InChI=1S/C24H26FN5O4S/c25-18-4-1-5-20(11-18)35(33,34)30-13-21-22(14-30)27-28-23(21)26-24(32)17-6-8-19(9-7-17)29-10-2-3-16(12-29)15-31/h1,4-9,11,16,31H,2-3,10,12-15H2,(H2,26,27,28,32). The van der Waals surface area contributed by atoms with Crippen LogP contribution in [0.3, 0.4) is 0 Å². The molecule has 1 fully saturated rings. The minimum atomic E-state index is -3.91. The number of piperidine rings is 1. The first-order valence-corrected chi connectivity index (χ1v) is 12.9. The van der Waals surface area contributed by atoms with Crippen LogP contribution in [-0.4, -0.2) is 53.6 Å². The van der Waals surface area contributed by atoms with Crippen molar-refractivity contribution in [3.05, 3.63) is 71.2 Å². The maximum absolute atomic E-state index is 13.6. The first kappa shape index (κ1) is 23.5. The Labute approximate surface area is 202 Å². The molecule has 0 spiro atoms. The Kier molecular flexibility index (Phi) is 6.30. The van der Waals surface area contributed by atoms with E-state index < -0.39 is 15.8 Å². The summed E-state index contributed by atoms with van der Waals surface area (Å²) >= 11 is 0. The molecular weight excluding hydrogens is 473 g/mol. The first-order chi connectivity index (χ1) is 16.8. The van der Waals surface area contributed by atoms with E-state index in [-0.39, 0.29) is 42.2 Å². The largest absolute Gasteiger partial charge is 0.396 e.